The number of ether oxygens (including phenoxy) is 4. The van der Waals surface area contributed by atoms with Crippen molar-refractivity contribution in [2.45, 2.75) is 44.2 Å². The number of fused-ring (bicyclic) bond motifs is 2. The van der Waals surface area contributed by atoms with E-state index in [-0.39, 0.29) is 5.82 Å². The van der Waals surface area contributed by atoms with Crippen molar-refractivity contribution in [1.29, 1.82) is 0 Å². The molecule has 2 N–H and O–H groups in total. The van der Waals surface area contributed by atoms with Crippen molar-refractivity contribution in [3.8, 4) is 0 Å². The number of aromatic nitrogens is 4. The fourth-order valence-corrected chi connectivity index (χ4v) is 3.16. The van der Waals surface area contributed by atoms with Gasteiger partial charge >= 0.3 is 5.97 Å². The van der Waals surface area contributed by atoms with Crippen LogP contribution in [0, 0.1) is 0 Å². The van der Waals surface area contributed by atoms with Gasteiger partial charge in [-0.15, -0.1) is 0 Å². The molecule has 0 bridgehead atoms. The molecule has 0 saturated carbocycles. The summed E-state index contributed by atoms with van der Waals surface area (Å²) in [4.78, 5) is 24.4. The summed E-state index contributed by atoms with van der Waals surface area (Å²) in [5.41, 5.74) is 6.76. The lowest BCUT2D eigenvalue weighted by Gasteiger charge is -2.24. The van der Waals surface area contributed by atoms with E-state index in [0.717, 1.165) is 0 Å². The lowest BCUT2D eigenvalue weighted by molar-refractivity contribution is -0.203. The lowest BCUT2D eigenvalue weighted by Crippen LogP contribution is -2.36. The Bertz CT molecular complexity index is 806. The van der Waals surface area contributed by atoms with Crippen LogP contribution in [0.25, 0.3) is 11.2 Å². The van der Waals surface area contributed by atoms with Crippen molar-refractivity contribution in [1.82, 2.24) is 19.5 Å². The number of anilines is 1. The number of imidazole rings is 1. The first-order valence-electron chi connectivity index (χ1n) is 7.43. The highest BCUT2D eigenvalue weighted by atomic mass is 16.8. The first kappa shape index (κ1) is 15.2. The number of methoxy groups -OCH3 is 1. The molecule has 0 radical (unpaired) electrons. The van der Waals surface area contributed by atoms with Gasteiger partial charge in [-0.1, -0.05) is 0 Å². The maximum atomic E-state index is 12.0. The lowest BCUT2D eigenvalue weighted by atomic mass is 10.1. The van der Waals surface area contributed by atoms with Crippen molar-refractivity contribution in [2.24, 2.45) is 0 Å². The van der Waals surface area contributed by atoms with E-state index in [1.54, 1.807) is 18.4 Å². The molecule has 2 fully saturated rings. The average Bonchev–Trinajstić information content (AvgIpc) is 3.18. The van der Waals surface area contributed by atoms with Crippen LogP contribution in [0.15, 0.2) is 12.7 Å². The van der Waals surface area contributed by atoms with Gasteiger partial charge in [-0.2, -0.15) is 0 Å². The first-order valence-corrected chi connectivity index (χ1v) is 7.43. The van der Waals surface area contributed by atoms with Crippen molar-refractivity contribution in [3.63, 3.8) is 0 Å². The maximum absolute atomic E-state index is 12.0. The molecule has 0 spiro atoms. The Balaban J connectivity index is 1.77. The molecule has 10 nitrogen and oxygen atoms in total. The average molecular weight is 335 g/mol. The van der Waals surface area contributed by atoms with E-state index in [2.05, 4.69) is 15.0 Å². The molecule has 2 aromatic heterocycles. The van der Waals surface area contributed by atoms with Gasteiger partial charge in [-0.05, 0) is 13.8 Å². The van der Waals surface area contributed by atoms with Gasteiger partial charge in [0, 0.05) is 0 Å². The fourth-order valence-electron chi connectivity index (χ4n) is 3.16. The van der Waals surface area contributed by atoms with Crippen LogP contribution in [0.3, 0.4) is 0 Å². The highest BCUT2D eigenvalue weighted by Crippen LogP contribution is 2.44. The quantitative estimate of drug-likeness (QED) is 0.755. The van der Waals surface area contributed by atoms with Crippen LogP contribution < -0.4 is 5.73 Å². The minimum absolute atomic E-state index is 0.265. The van der Waals surface area contributed by atoms with E-state index in [1.165, 1.54) is 19.8 Å². The number of hydrogen-bond donors (Lipinski definition) is 1. The number of esters is 1. The van der Waals surface area contributed by atoms with Crippen molar-refractivity contribution < 1.29 is 23.7 Å². The second-order valence-corrected chi connectivity index (χ2v) is 6.12. The summed E-state index contributed by atoms with van der Waals surface area (Å²) in [6.45, 7) is 3.56. The number of nitrogens with two attached hydrogens (primary N) is 1. The minimum atomic E-state index is -0.900. The molecule has 0 amide bonds. The molecule has 4 rings (SSSR count). The third kappa shape index (κ3) is 2.14. The normalized spacial score (nSPS) is 31.3. The van der Waals surface area contributed by atoms with Crippen molar-refractivity contribution in [2.75, 3.05) is 12.8 Å². The Kier molecular flexibility index (Phi) is 3.24. The molecule has 0 aromatic carbocycles. The van der Waals surface area contributed by atoms with Gasteiger partial charge in [0.25, 0.3) is 0 Å². The van der Waals surface area contributed by atoms with Gasteiger partial charge < -0.3 is 24.7 Å². The Morgan fingerprint density at radius 2 is 2.04 bits per heavy atom. The number of carbonyl (C=O) groups is 1. The van der Waals surface area contributed by atoms with Gasteiger partial charge in [0.1, 0.15) is 24.1 Å². The zero-order valence-corrected chi connectivity index (χ0v) is 13.4. The van der Waals surface area contributed by atoms with Crippen LogP contribution in [0.4, 0.5) is 5.82 Å². The molecule has 2 aromatic rings. The van der Waals surface area contributed by atoms with E-state index in [9.17, 15) is 4.79 Å². The molecule has 0 unspecified atom stereocenters. The summed E-state index contributed by atoms with van der Waals surface area (Å²) < 4.78 is 24.1. The summed E-state index contributed by atoms with van der Waals surface area (Å²) in [5, 5.41) is 0. The number of rotatable bonds is 2. The zero-order chi connectivity index (χ0) is 17.1. The molecule has 4 heterocycles. The van der Waals surface area contributed by atoms with E-state index in [1.807, 2.05) is 0 Å². The van der Waals surface area contributed by atoms with Gasteiger partial charge in [-0.3, -0.25) is 4.57 Å². The standard InChI is InChI=1S/C14H17N5O5/c1-14(2)23-7-8(24-14)12(22-9(7)13(20)21-3)19-5-18-6-10(15)16-4-17-11(6)19/h4-5,7-9,12H,1-3H3,(H2,15,16,17)/t7-,8+,9-,12+/m0/s1. The third-order valence-corrected chi connectivity index (χ3v) is 4.12. The highest BCUT2D eigenvalue weighted by molar-refractivity contribution is 5.81. The van der Waals surface area contributed by atoms with Crippen molar-refractivity contribution >= 4 is 23.0 Å². The summed E-state index contributed by atoms with van der Waals surface area (Å²) in [5.74, 6) is -1.09. The van der Waals surface area contributed by atoms with Crippen LogP contribution in [-0.4, -0.2) is 56.7 Å². The van der Waals surface area contributed by atoms with E-state index < -0.39 is 36.3 Å². The maximum Gasteiger partial charge on any atom is 0.337 e. The zero-order valence-electron chi connectivity index (χ0n) is 13.4. The predicted octanol–water partition coefficient (Wildman–Crippen LogP) is -0.00100. The minimum Gasteiger partial charge on any atom is -0.467 e. The molecule has 2 aliphatic rings. The summed E-state index contributed by atoms with van der Waals surface area (Å²) in [6, 6.07) is 0. The van der Waals surface area contributed by atoms with Crippen LogP contribution in [0.5, 0.6) is 0 Å². The molecule has 2 aliphatic heterocycles. The van der Waals surface area contributed by atoms with E-state index >= 15 is 0 Å². The highest BCUT2D eigenvalue weighted by Gasteiger charge is 2.58. The monoisotopic (exact) mass is 335 g/mol. The van der Waals surface area contributed by atoms with Crippen molar-refractivity contribution in [3.05, 3.63) is 12.7 Å². The molecule has 0 aliphatic carbocycles. The van der Waals surface area contributed by atoms with Gasteiger partial charge in [0.15, 0.2) is 29.6 Å². The smallest absolute Gasteiger partial charge is 0.337 e. The van der Waals surface area contributed by atoms with E-state index in [0.29, 0.717) is 11.2 Å². The molecule has 2 saturated heterocycles. The number of nitrogen functional groups attached to an aromatic ring is 1. The SMILES string of the molecule is COC(=O)[C@H]1O[C@@H](n2cnc3c(N)ncnc32)[C@@H]2OC(C)(C)O[C@@H]21. The van der Waals surface area contributed by atoms with Gasteiger partial charge in [0.05, 0.1) is 13.4 Å². The molecular weight excluding hydrogens is 318 g/mol. The van der Waals surface area contributed by atoms with Crippen LogP contribution in [0.2, 0.25) is 0 Å². The first-order chi connectivity index (χ1) is 11.4. The predicted molar refractivity (Wildman–Crippen MR) is 79.5 cm³/mol. The number of carbonyl (C=O) groups excluding carboxylic acids is 1. The summed E-state index contributed by atoms with van der Waals surface area (Å²) in [7, 11) is 1.30. The summed E-state index contributed by atoms with van der Waals surface area (Å²) in [6.07, 6.45) is 0.220. The topological polar surface area (TPSA) is 124 Å². The van der Waals surface area contributed by atoms with Crippen LogP contribution in [0.1, 0.15) is 20.1 Å². The van der Waals surface area contributed by atoms with Crippen LogP contribution >= 0.6 is 0 Å². The number of hydrogen-bond acceptors (Lipinski definition) is 9. The van der Waals surface area contributed by atoms with Crippen LogP contribution in [-0.2, 0) is 23.7 Å². The number of nitrogens with zero attached hydrogens (tertiary/aromatic N) is 4. The molecular formula is C14H17N5O5. The second-order valence-electron chi connectivity index (χ2n) is 6.12. The molecule has 10 heteroatoms. The Morgan fingerprint density at radius 1 is 1.29 bits per heavy atom. The summed E-state index contributed by atoms with van der Waals surface area (Å²) >= 11 is 0. The molecule has 128 valence electrons. The third-order valence-electron chi connectivity index (χ3n) is 4.12. The second kappa shape index (κ2) is 5.10. The largest absolute Gasteiger partial charge is 0.467 e. The van der Waals surface area contributed by atoms with E-state index in [4.69, 9.17) is 24.7 Å². The Hall–Kier alpha value is -2.30. The Morgan fingerprint density at radius 3 is 2.79 bits per heavy atom. The molecule has 24 heavy (non-hydrogen) atoms. The fraction of sp³-hybridized carbons (Fsp3) is 0.571. The van der Waals surface area contributed by atoms with Gasteiger partial charge in [-0.25, -0.2) is 19.7 Å². The molecule has 4 atom stereocenters. The Labute approximate surface area is 136 Å². The van der Waals surface area contributed by atoms with Gasteiger partial charge in [0.2, 0.25) is 0 Å².